The number of fused-ring (bicyclic) bond motifs is 3. The molecule has 3 aromatic heterocycles. The zero-order valence-corrected chi connectivity index (χ0v) is 33.4. The molecule has 5 aromatic rings. The van der Waals surface area contributed by atoms with Crippen molar-refractivity contribution in [2.45, 2.75) is 86.6 Å². The lowest BCUT2D eigenvalue weighted by molar-refractivity contribution is -0.142. The minimum atomic E-state index is -0.923. The van der Waals surface area contributed by atoms with E-state index in [4.69, 9.17) is 28.1 Å². The molecule has 0 bridgehead atoms. The average molecular weight is 796 g/mol. The van der Waals surface area contributed by atoms with Gasteiger partial charge in [-0.3, -0.25) is 19.4 Å². The molecule has 1 aliphatic rings. The third-order valence-corrected chi connectivity index (χ3v) is 11.9. The molecule has 12 nitrogen and oxygen atoms in total. The highest BCUT2D eigenvalue weighted by atomic mass is 35.5. The van der Waals surface area contributed by atoms with Crippen LogP contribution in [0.25, 0.3) is 22.0 Å². The molecule has 0 saturated carbocycles. The number of carbonyl (C=O) groups is 3. The number of nitrogens with two attached hydrogens (primary N) is 2. The number of carbonyl (C=O) groups excluding carboxylic acids is 3. The molecule has 1 aliphatic heterocycles. The molecule has 0 fully saturated rings. The molecule has 4 heterocycles. The standard InChI is InChI=1S/C42H50ClN9O3S/c1-26-32(31-10-3-4-11-34(31)50-26)23-37-40(54)49-25-30-21-29(27-14-19-46-20-15-27)22-33(43)38(30)56-41-28(9-8-18-47-41)24-48-35(13-7-17-45)39(53)51-36(12-5-6-16-44)42(55)52(37)2/h3-4,8-11,14-15,18-22,35-37,48,50H,5-7,12-13,16-17,23-25,44-45H2,1-2H3,(H,49,54)(H,51,53)/t35-,36-,37-/m0/s1. The SMILES string of the molecule is Cc1[nH]c2ccccc2c1C[C@H]1C(=O)NCc2cc(-c3ccncc3)cc(Cl)c2Sc2ncccc2CN[C@@H](CCCN)C(=O)N[C@@H](CCCCN)C(=O)N1C. The summed E-state index contributed by atoms with van der Waals surface area (Å²) >= 11 is 8.51. The topological polar surface area (TPSA) is 184 Å². The summed E-state index contributed by atoms with van der Waals surface area (Å²) in [6, 6.07) is 17.0. The molecule has 0 saturated heterocycles. The number of unbranched alkanes of at least 4 members (excludes halogenated alkanes) is 1. The molecule has 3 atom stereocenters. The summed E-state index contributed by atoms with van der Waals surface area (Å²) in [5.74, 6) is -1.02. The van der Waals surface area contributed by atoms with E-state index < -0.39 is 18.1 Å². The fourth-order valence-corrected chi connectivity index (χ4v) is 8.51. The minimum absolute atomic E-state index is 0.128. The van der Waals surface area contributed by atoms with Gasteiger partial charge in [0.05, 0.1) is 11.1 Å². The van der Waals surface area contributed by atoms with Crippen molar-refractivity contribution in [3.8, 4) is 11.1 Å². The lowest BCUT2D eigenvalue weighted by Gasteiger charge is -2.32. The molecule has 0 radical (unpaired) electrons. The summed E-state index contributed by atoms with van der Waals surface area (Å²) in [7, 11) is 1.64. The largest absolute Gasteiger partial charge is 0.358 e. The van der Waals surface area contributed by atoms with Crippen molar-refractivity contribution in [3.63, 3.8) is 0 Å². The Hall–Kier alpha value is -4.79. The van der Waals surface area contributed by atoms with E-state index >= 15 is 0 Å². The number of rotatable bonds is 10. The van der Waals surface area contributed by atoms with Crippen molar-refractivity contribution >= 4 is 52.0 Å². The molecular formula is C42H50ClN9O3S. The lowest BCUT2D eigenvalue weighted by atomic mass is 9.99. The highest BCUT2D eigenvalue weighted by molar-refractivity contribution is 7.99. The number of H-pyrrole nitrogens is 1. The maximum absolute atomic E-state index is 14.6. The van der Waals surface area contributed by atoms with Crippen LogP contribution in [0, 0.1) is 6.92 Å². The van der Waals surface area contributed by atoms with Gasteiger partial charge < -0.3 is 37.3 Å². The van der Waals surface area contributed by atoms with Crippen LogP contribution in [0.2, 0.25) is 5.02 Å². The van der Waals surface area contributed by atoms with Crippen molar-refractivity contribution in [2.75, 3.05) is 20.1 Å². The second-order valence-electron chi connectivity index (χ2n) is 14.1. The normalized spacial score (nSPS) is 18.6. The van der Waals surface area contributed by atoms with Crippen molar-refractivity contribution in [1.82, 2.24) is 35.8 Å². The number of aromatic nitrogens is 3. The number of para-hydroxylation sites is 1. The van der Waals surface area contributed by atoms with Gasteiger partial charge in [-0.2, -0.15) is 0 Å². The smallest absolute Gasteiger partial charge is 0.245 e. The lowest BCUT2D eigenvalue weighted by Crippen LogP contribution is -2.57. The van der Waals surface area contributed by atoms with Crippen LogP contribution in [0.5, 0.6) is 0 Å². The van der Waals surface area contributed by atoms with Gasteiger partial charge in [0.25, 0.3) is 0 Å². The third-order valence-electron chi connectivity index (χ3n) is 10.3. The maximum atomic E-state index is 14.6. The van der Waals surface area contributed by atoms with Crippen molar-refractivity contribution in [1.29, 1.82) is 0 Å². The number of likely N-dealkylation sites (N-methyl/N-ethyl adjacent to an activating group) is 1. The summed E-state index contributed by atoms with van der Waals surface area (Å²) in [5, 5.41) is 11.8. The first kappa shape index (κ1) is 40.9. The quantitative estimate of drug-likeness (QED) is 0.103. The number of hydrogen-bond acceptors (Lipinski definition) is 9. The number of aryl methyl sites for hydroxylation is 1. The Labute approximate surface area is 336 Å². The highest BCUT2D eigenvalue weighted by Gasteiger charge is 2.34. The summed E-state index contributed by atoms with van der Waals surface area (Å²) in [4.78, 5) is 57.9. The van der Waals surface area contributed by atoms with Crippen molar-refractivity contribution in [3.05, 3.63) is 107 Å². The van der Waals surface area contributed by atoms with Gasteiger partial charge in [-0.05, 0) is 116 Å². The van der Waals surface area contributed by atoms with Crippen LogP contribution in [-0.2, 0) is 33.9 Å². The molecule has 3 amide bonds. The zero-order chi connectivity index (χ0) is 39.6. The van der Waals surface area contributed by atoms with Crippen molar-refractivity contribution in [2.24, 2.45) is 11.5 Å². The van der Waals surface area contributed by atoms with E-state index in [-0.39, 0.29) is 30.7 Å². The number of benzene rings is 2. The second kappa shape index (κ2) is 19.4. The summed E-state index contributed by atoms with van der Waals surface area (Å²) in [6.07, 6.45) is 8.13. The van der Waals surface area contributed by atoms with Crippen LogP contribution in [0.3, 0.4) is 0 Å². The second-order valence-corrected chi connectivity index (χ2v) is 15.5. The maximum Gasteiger partial charge on any atom is 0.245 e. The molecule has 56 heavy (non-hydrogen) atoms. The number of aromatic amines is 1. The fourth-order valence-electron chi connectivity index (χ4n) is 7.15. The molecule has 2 aromatic carbocycles. The van der Waals surface area contributed by atoms with Gasteiger partial charge in [0.1, 0.15) is 17.1 Å². The summed E-state index contributed by atoms with van der Waals surface area (Å²) < 4.78 is 0. The van der Waals surface area contributed by atoms with Gasteiger partial charge in [-0.25, -0.2) is 4.98 Å². The van der Waals surface area contributed by atoms with E-state index in [1.807, 2.05) is 67.6 Å². The predicted molar refractivity (Wildman–Crippen MR) is 222 cm³/mol. The molecule has 14 heteroatoms. The van der Waals surface area contributed by atoms with Crippen LogP contribution >= 0.6 is 23.4 Å². The zero-order valence-electron chi connectivity index (χ0n) is 31.8. The van der Waals surface area contributed by atoms with Gasteiger partial charge >= 0.3 is 0 Å². The fraction of sp³-hybridized carbons (Fsp3) is 0.357. The molecule has 0 spiro atoms. The first-order valence-corrected chi connectivity index (χ1v) is 20.3. The van der Waals surface area contributed by atoms with Crippen LogP contribution < -0.4 is 27.4 Å². The molecule has 6 rings (SSSR count). The van der Waals surface area contributed by atoms with Crippen LogP contribution in [0.1, 0.15) is 54.5 Å². The average Bonchev–Trinajstić information content (AvgIpc) is 3.53. The van der Waals surface area contributed by atoms with E-state index in [2.05, 4.69) is 25.9 Å². The first-order valence-electron chi connectivity index (χ1n) is 19.1. The number of hydrogen-bond donors (Lipinski definition) is 6. The Morgan fingerprint density at radius 3 is 2.41 bits per heavy atom. The summed E-state index contributed by atoms with van der Waals surface area (Å²) in [6.45, 7) is 3.29. The number of nitrogens with one attached hydrogen (secondary N) is 4. The van der Waals surface area contributed by atoms with Crippen LogP contribution in [0.4, 0.5) is 0 Å². The molecular weight excluding hydrogens is 746 g/mol. The molecule has 0 aliphatic carbocycles. The minimum Gasteiger partial charge on any atom is -0.358 e. The molecule has 0 unspecified atom stereocenters. The predicted octanol–water partition coefficient (Wildman–Crippen LogP) is 5.25. The van der Waals surface area contributed by atoms with Gasteiger partial charge in [-0.1, -0.05) is 47.6 Å². The van der Waals surface area contributed by atoms with Gasteiger partial charge in [0.2, 0.25) is 17.7 Å². The first-order chi connectivity index (χ1) is 27.2. The van der Waals surface area contributed by atoms with Gasteiger partial charge in [-0.15, -0.1) is 0 Å². The monoisotopic (exact) mass is 795 g/mol. The Kier molecular flexibility index (Phi) is 14.1. The summed E-state index contributed by atoms with van der Waals surface area (Å²) in [5.41, 5.74) is 18.0. The van der Waals surface area contributed by atoms with Gasteiger partial charge in [0.15, 0.2) is 0 Å². The van der Waals surface area contributed by atoms with Crippen LogP contribution in [0.15, 0.2) is 89.2 Å². The van der Waals surface area contributed by atoms with E-state index in [9.17, 15) is 14.4 Å². The van der Waals surface area contributed by atoms with E-state index in [1.165, 1.54) is 16.7 Å². The Morgan fingerprint density at radius 1 is 0.857 bits per heavy atom. The Balaban J connectivity index is 1.45. The Morgan fingerprint density at radius 2 is 1.62 bits per heavy atom. The van der Waals surface area contributed by atoms with E-state index in [0.29, 0.717) is 61.8 Å². The van der Waals surface area contributed by atoms with Crippen LogP contribution in [-0.4, -0.2) is 75.8 Å². The Bertz CT molecular complexity index is 2150. The molecule has 294 valence electrons. The number of amides is 3. The van der Waals surface area contributed by atoms with E-state index in [1.54, 1.807) is 25.6 Å². The number of nitrogens with zero attached hydrogens (tertiary/aromatic N) is 3. The number of halogens is 1. The number of pyridine rings is 2. The van der Waals surface area contributed by atoms with Crippen molar-refractivity contribution < 1.29 is 14.4 Å². The third kappa shape index (κ3) is 9.77. The molecule has 8 N–H and O–H groups in total. The highest BCUT2D eigenvalue weighted by Crippen LogP contribution is 2.40. The van der Waals surface area contributed by atoms with Gasteiger partial charge in [0, 0.05) is 66.6 Å². The van der Waals surface area contributed by atoms with E-state index in [0.717, 1.165) is 49.3 Å².